The molecule has 0 unspecified atom stereocenters. The summed E-state index contributed by atoms with van der Waals surface area (Å²) in [6, 6.07) is 25.5. The SMILES string of the molecule is COC(=O)c1ccc(CCNC(=O)Cc2ccc(-c3ccccc3)cc2)cc1. The molecule has 1 N–H and O–H groups in total. The average molecular weight is 373 g/mol. The van der Waals surface area contributed by atoms with Gasteiger partial charge in [-0.05, 0) is 40.8 Å². The van der Waals surface area contributed by atoms with Crippen LogP contribution in [0.4, 0.5) is 0 Å². The molecule has 4 heteroatoms. The van der Waals surface area contributed by atoms with E-state index in [1.54, 1.807) is 12.1 Å². The summed E-state index contributed by atoms with van der Waals surface area (Å²) in [5, 5.41) is 2.94. The zero-order chi connectivity index (χ0) is 19.8. The molecule has 0 bridgehead atoms. The number of benzene rings is 3. The number of hydrogen-bond acceptors (Lipinski definition) is 3. The lowest BCUT2D eigenvalue weighted by Gasteiger charge is -2.07. The quantitative estimate of drug-likeness (QED) is 0.636. The van der Waals surface area contributed by atoms with Gasteiger partial charge >= 0.3 is 5.97 Å². The molecule has 0 radical (unpaired) electrons. The minimum atomic E-state index is -0.349. The van der Waals surface area contributed by atoms with Crippen molar-refractivity contribution in [3.63, 3.8) is 0 Å². The minimum Gasteiger partial charge on any atom is -0.465 e. The molecule has 0 aliphatic heterocycles. The first kappa shape index (κ1) is 19.4. The number of ether oxygens (including phenoxy) is 1. The molecule has 3 aromatic rings. The Morgan fingerprint density at radius 2 is 1.39 bits per heavy atom. The summed E-state index contributed by atoms with van der Waals surface area (Å²) >= 11 is 0. The van der Waals surface area contributed by atoms with E-state index in [-0.39, 0.29) is 11.9 Å². The fourth-order valence-electron chi connectivity index (χ4n) is 2.97. The van der Waals surface area contributed by atoms with Crippen LogP contribution in [0.15, 0.2) is 78.9 Å². The first-order valence-electron chi connectivity index (χ1n) is 9.24. The van der Waals surface area contributed by atoms with Gasteiger partial charge in [0, 0.05) is 6.54 Å². The number of rotatable bonds is 7. The number of carbonyl (C=O) groups is 2. The van der Waals surface area contributed by atoms with Gasteiger partial charge in [0.15, 0.2) is 0 Å². The zero-order valence-electron chi connectivity index (χ0n) is 15.9. The van der Waals surface area contributed by atoms with Crippen molar-refractivity contribution >= 4 is 11.9 Å². The Labute approximate surface area is 165 Å². The molecule has 4 nitrogen and oxygen atoms in total. The summed E-state index contributed by atoms with van der Waals surface area (Å²) in [6.07, 6.45) is 1.07. The fraction of sp³-hybridized carbons (Fsp3) is 0.167. The second-order valence-electron chi connectivity index (χ2n) is 6.53. The monoisotopic (exact) mass is 373 g/mol. The Morgan fingerprint density at radius 1 is 0.786 bits per heavy atom. The van der Waals surface area contributed by atoms with Crippen molar-refractivity contribution in [2.24, 2.45) is 0 Å². The van der Waals surface area contributed by atoms with Gasteiger partial charge in [0.25, 0.3) is 0 Å². The van der Waals surface area contributed by atoms with Crippen LogP contribution in [0.3, 0.4) is 0 Å². The molecular weight excluding hydrogens is 350 g/mol. The Hall–Kier alpha value is -3.40. The van der Waals surface area contributed by atoms with Crippen molar-refractivity contribution in [3.8, 4) is 11.1 Å². The van der Waals surface area contributed by atoms with Gasteiger partial charge in [0.05, 0.1) is 19.1 Å². The van der Waals surface area contributed by atoms with Crippen LogP contribution in [0.1, 0.15) is 21.5 Å². The summed E-state index contributed by atoms with van der Waals surface area (Å²) in [5.41, 5.74) is 4.87. The van der Waals surface area contributed by atoms with Crippen molar-refractivity contribution in [2.75, 3.05) is 13.7 Å². The molecule has 0 saturated heterocycles. The lowest BCUT2D eigenvalue weighted by molar-refractivity contribution is -0.120. The van der Waals surface area contributed by atoms with E-state index >= 15 is 0 Å². The standard InChI is InChI=1S/C24H23NO3/c1-28-24(27)22-13-7-18(8-14-22)15-16-25-23(26)17-19-9-11-21(12-10-19)20-5-3-2-4-6-20/h2-14H,15-17H2,1H3,(H,25,26). The molecule has 28 heavy (non-hydrogen) atoms. The van der Waals surface area contributed by atoms with Gasteiger partial charge in [-0.1, -0.05) is 66.7 Å². The molecule has 3 rings (SSSR count). The second-order valence-corrected chi connectivity index (χ2v) is 6.53. The van der Waals surface area contributed by atoms with Crippen LogP contribution < -0.4 is 5.32 Å². The highest BCUT2D eigenvalue weighted by Gasteiger charge is 2.06. The molecule has 142 valence electrons. The van der Waals surface area contributed by atoms with E-state index in [9.17, 15) is 9.59 Å². The van der Waals surface area contributed by atoms with Crippen LogP contribution in [0.25, 0.3) is 11.1 Å². The predicted octanol–water partition coefficient (Wildman–Crippen LogP) is 4.04. The van der Waals surface area contributed by atoms with Gasteiger partial charge in [0.2, 0.25) is 5.91 Å². The maximum atomic E-state index is 12.2. The zero-order valence-corrected chi connectivity index (χ0v) is 15.9. The van der Waals surface area contributed by atoms with Crippen LogP contribution in [0, 0.1) is 0 Å². The highest BCUT2D eigenvalue weighted by Crippen LogP contribution is 2.19. The lowest BCUT2D eigenvalue weighted by Crippen LogP contribution is -2.27. The van der Waals surface area contributed by atoms with E-state index in [0.717, 1.165) is 22.3 Å². The second kappa shape index (κ2) is 9.51. The van der Waals surface area contributed by atoms with Crippen molar-refractivity contribution in [1.82, 2.24) is 5.32 Å². The summed E-state index contributed by atoms with van der Waals surface area (Å²) < 4.78 is 4.68. The van der Waals surface area contributed by atoms with Gasteiger partial charge in [-0.25, -0.2) is 4.79 Å². The molecule has 0 heterocycles. The molecule has 0 fully saturated rings. The highest BCUT2D eigenvalue weighted by molar-refractivity contribution is 5.89. The number of amides is 1. The van der Waals surface area contributed by atoms with Gasteiger partial charge < -0.3 is 10.1 Å². The van der Waals surface area contributed by atoms with Gasteiger partial charge in [-0.3, -0.25) is 4.79 Å². The molecular formula is C24H23NO3. The van der Waals surface area contributed by atoms with Crippen molar-refractivity contribution < 1.29 is 14.3 Å². The summed E-state index contributed by atoms with van der Waals surface area (Å²) in [7, 11) is 1.36. The molecule has 1 amide bonds. The molecule has 0 aromatic heterocycles. The average Bonchev–Trinajstić information content (AvgIpc) is 2.75. The first-order chi connectivity index (χ1) is 13.7. The first-order valence-corrected chi connectivity index (χ1v) is 9.24. The minimum absolute atomic E-state index is 0.00126. The third kappa shape index (κ3) is 5.30. The van der Waals surface area contributed by atoms with Crippen LogP contribution in [-0.2, 0) is 22.4 Å². The summed E-state index contributed by atoms with van der Waals surface area (Å²) in [4.78, 5) is 23.6. The molecule has 0 spiro atoms. The lowest BCUT2D eigenvalue weighted by atomic mass is 10.0. The third-order valence-corrected chi connectivity index (χ3v) is 4.54. The number of nitrogens with one attached hydrogen (secondary N) is 1. The Balaban J connectivity index is 1.46. The van der Waals surface area contributed by atoms with Crippen molar-refractivity contribution in [1.29, 1.82) is 0 Å². The number of esters is 1. The van der Waals surface area contributed by atoms with E-state index in [0.29, 0.717) is 24.9 Å². The summed E-state index contributed by atoms with van der Waals surface area (Å²) in [6.45, 7) is 0.554. The van der Waals surface area contributed by atoms with Crippen LogP contribution >= 0.6 is 0 Å². The fourth-order valence-corrected chi connectivity index (χ4v) is 2.97. The Morgan fingerprint density at radius 3 is 2.04 bits per heavy atom. The number of hydrogen-bond donors (Lipinski definition) is 1. The highest BCUT2D eigenvalue weighted by atomic mass is 16.5. The molecule has 0 saturated carbocycles. The maximum absolute atomic E-state index is 12.2. The van der Waals surface area contributed by atoms with Crippen molar-refractivity contribution in [3.05, 3.63) is 95.6 Å². The Bertz CT molecular complexity index is 916. The van der Waals surface area contributed by atoms with E-state index in [4.69, 9.17) is 0 Å². The van der Waals surface area contributed by atoms with E-state index in [1.165, 1.54) is 7.11 Å². The van der Waals surface area contributed by atoms with Crippen molar-refractivity contribution in [2.45, 2.75) is 12.8 Å². The Kier molecular flexibility index (Phi) is 6.58. The molecule has 0 aliphatic carbocycles. The van der Waals surface area contributed by atoms with E-state index < -0.39 is 0 Å². The number of carbonyl (C=O) groups excluding carboxylic acids is 2. The smallest absolute Gasteiger partial charge is 0.337 e. The van der Waals surface area contributed by atoms with Crippen LogP contribution in [0.5, 0.6) is 0 Å². The number of methoxy groups -OCH3 is 1. The topological polar surface area (TPSA) is 55.4 Å². The van der Waals surface area contributed by atoms with Gasteiger partial charge in [-0.15, -0.1) is 0 Å². The van der Waals surface area contributed by atoms with E-state index in [1.807, 2.05) is 54.6 Å². The summed E-state index contributed by atoms with van der Waals surface area (Å²) in [5.74, 6) is -0.350. The van der Waals surface area contributed by atoms with Crippen LogP contribution in [-0.4, -0.2) is 25.5 Å². The van der Waals surface area contributed by atoms with E-state index in [2.05, 4.69) is 22.2 Å². The molecule has 3 aromatic carbocycles. The predicted molar refractivity (Wildman–Crippen MR) is 110 cm³/mol. The largest absolute Gasteiger partial charge is 0.465 e. The van der Waals surface area contributed by atoms with Gasteiger partial charge in [-0.2, -0.15) is 0 Å². The maximum Gasteiger partial charge on any atom is 0.337 e. The molecule has 0 atom stereocenters. The van der Waals surface area contributed by atoms with Crippen LogP contribution in [0.2, 0.25) is 0 Å². The van der Waals surface area contributed by atoms with Gasteiger partial charge in [0.1, 0.15) is 0 Å². The third-order valence-electron chi connectivity index (χ3n) is 4.54. The molecule has 0 aliphatic rings. The normalized spacial score (nSPS) is 10.3.